The highest BCUT2D eigenvalue weighted by Gasteiger charge is 2.58. The van der Waals surface area contributed by atoms with Crippen LogP contribution in [0.5, 0.6) is 0 Å². The third-order valence-electron chi connectivity index (χ3n) is 7.73. The van der Waals surface area contributed by atoms with Gasteiger partial charge in [-0.15, -0.1) is 0 Å². The van der Waals surface area contributed by atoms with Gasteiger partial charge >= 0.3 is 0 Å². The predicted molar refractivity (Wildman–Crippen MR) is 131 cm³/mol. The molecule has 3 aromatic carbocycles. The van der Waals surface area contributed by atoms with Crippen LogP contribution in [0.2, 0.25) is 0 Å². The number of amides is 3. The molecule has 1 saturated heterocycles. The Morgan fingerprint density at radius 1 is 0.824 bits per heavy atom. The molecule has 1 saturated carbocycles. The first-order valence-corrected chi connectivity index (χ1v) is 12.0. The predicted octanol–water partition coefficient (Wildman–Crippen LogP) is 5.11. The molecule has 1 N–H and O–H groups in total. The summed E-state index contributed by atoms with van der Waals surface area (Å²) in [5, 5.41) is 5.02. The summed E-state index contributed by atoms with van der Waals surface area (Å²) in [5.74, 6) is -0.801. The standard InChI is InChI=1S/C29H26N2O3/c32-25(30-23-12-6-10-18-7-4-5-11-22(18)23)17-24(19-8-2-1-3-9-19)31-28(33)26-20-13-14-21(16-15-20)27(26)29(31)34/h1-14,20-21,24,26-27H,15-17H2,(H,30,32)/t20-,21-,24+,26-,27-/m0/s1. The van der Waals surface area contributed by atoms with Crippen LogP contribution in [-0.2, 0) is 14.4 Å². The van der Waals surface area contributed by atoms with Gasteiger partial charge in [0.1, 0.15) is 0 Å². The van der Waals surface area contributed by atoms with Gasteiger partial charge in [-0.05, 0) is 41.7 Å². The van der Waals surface area contributed by atoms with Crippen LogP contribution in [0.15, 0.2) is 84.9 Å². The zero-order valence-electron chi connectivity index (χ0n) is 18.8. The Bertz CT molecular complexity index is 1280. The van der Waals surface area contributed by atoms with Gasteiger partial charge in [-0.25, -0.2) is 0 Å². The van der Waals surface area contributed by atoms with E-state index in [2.05, 4.69) is 17.5 Å². The quantitative estimate of drug-likeness (QED) is 0.434. The van der Waals surface area contributed by atoms with Crippen molar-refractivity contribution in [2.24, 2.45) is 23.7 Å². The molecule has 2 fully saturated rings. The normalized spacial score (nSPS) is 26.1. The molecule has 0 aromatic heterocycles. The zero-order chi connectivity index (χ0) is 23.2. The van der Waals surface area contributed by atoms with Crippen molar-refractivity contribution in [1.82, 2.24) is 4.90 Å². The second-order valence-electron chi connectivity index (χ2n) is 9.59. The molecule has 4 aliphatic rings. The molecule has 3 aliphatic carbocycles. The van der Waals surface area contributed by atoms with Crippen molar-refractivity contribution in [3.63, 3.8) is 0 Å². The summed E-state index contributed by atoms with van der Waals surface area (Å²) in [6, 6.07) is 22.5. The summed E-state index contributed by atoms with van der Waals surface area (Å²) in [4.78, 5) is 41.9. The summed E-state index contributed by atoms with van der Waals surface area (Å²) >= 11 is 0. The SMILES string of the molecule is O=C(C[C@H](c1ccccc1)N1C(=O)[C@@H]2[C@@H](C1=O)[C@H]1C=C[C@H]2CC1)Nc1cccc2ccccc12. The Labute approximate surface area is 198 Å². The summed E-state index contributed by atoms with van der Waals surface area (Å²) in [6.07, 6.45) is 6.16. The van der Waals surface area contributed by atoms with Crippen molar-refractivity contribution in [3.05, 3.63) is 90.5 Å². The molecule has 0 spiro atoms. The van der Waals surface area contributed by atoms with E-state index >= 15 is 0 Å². The van der Waals surface area contributed by atoms with E-state index in [1.807, 2.05) is 72.8 Å². The molecular weight excluding hydrogens is 424 g/mol. The van der Waals surface area contributed by atoms with Crippen LogP contribution in [0.1, 0.15) is 30.9 Å². The van der Waals surface area contributed by atoms with Gasteiger partial charge in [0, 0.05) is 11.1 Å². The molecule has 3 amide bonds. The first kappa shape index (κ1) is 20.8. The van der Waals surface area contributed by atoms with E-state index in [1.54, 1.807) is 0 Å². The highest BCUT2D eigenvalue weighted by Crippen LogP contribution is 2.51. The van der Waals surface area contributed by atoms with Gasteiger partial charge in [0.25, 0.3) is 0 Å². The molecule has 5 atom stereocenters. The number of allylic oxidation sites excluding steroid dienone is 2. The van der Waals surface area contributed by atoms with Gasteiger partial charge in [0.2, 0.25) is 17.7 Å². The summed E-state index contributed by atoms with van der Waals surface area (Å²) < 4.78 is 0. The van der Waals surface area contributed by atoms with Crippen molar-refractivity contribution in [1.29, 1.82) is 0 Å². The number of anilines is 1. The number of nitrogens with zero attached hydrogens (tertiary/aromatic N) is 1. The number of fused-ring (bicyclic) bond motifs is 2. The van der Waals surface area contributed by atoms with Gasteiger partial charge in [-0.2, -0.15) is 0 Å². The van der Waals surface area contributed by atoms with Gasteiger partial charge in [-0.3, -0.25) is 19.3 Å². The number of hydrogen-bond donors (Lipinski definition) is 1. The topological polar surface area (TPSA) is 66.5 Å². The van der Waals surface area contributed by atoms with Crippen LogP contribution in [0, 0.1) is 23.7 Å². The smallest absolute Gasteiger partial charge is 0.234 e. The molecule has 1 aliphatic heterocycles. The average Bonchev–Trinajstić information content (AvgIpc) is 3.16. The summed E-state index contributed by atoms with van der Waals surface area (Å²) in [6.45, 7) is 0. The maximum absolute atomic E-state index is 13.6. The van der Waals surface area contributed by atoms with Crippen molar-refractivity contribution in [2.75, 3.05) is 5.32 Å². The Morgan fingerprint density at radius 2 is 1.44 bits per heavy atom. The maximum Gasteiger partial charge on any atom is 0.234 e. The minimum absolute atomic E-state index is 0.0208. The fourth-order valence-electron chi connectivity index (χ4n) is 6.15. The van der Waals surface area contributed by atoms with Gasteiger partial charge in [-0.1, -0.05) is 78.9 Å². The van der Waals surface area contributed by atoms with Crippen LogP contribution in [0.25, 0.3) is 10.8 Å². The Balaban J connectivity index is 1.31. The van der Waals surface area contributed by atoms with E-state index in [1.165, 1.54) is 4.90 Å². The van der Waals surface area contributed by atoms with Gasteiger partial charge in [0.05, 0.1) is 24.3 Å². The lowest BCUT2D eigenvalue weighted by atomic mass is 9.63. The largest absolute Gasteiger partial charge is 0.325 e. The Morgan fingerprint density at radius 3 is 2.12 bits per heavy atom. The van der Waals surface area contributed by atoms with Crippen molar-refractivity contribution >= 4 is 34.2 Å². The molecular formula is C29H26N2O3. The average molecular weight is 451 g/mol. The number of likely N-dealkylation sites (tertiary alicyclic amines) is 1. The van der Waals surface area contributed by atoms with Crippen molar-refractivity contribution in [3.8, 4) is 0 Å². The van der Waals surface area contributed by atoms with Crippen LogP contribution in [0.4, 0.5) is 5.69 Å². The third kappa shape index (κ3) is 3.35. The van der Waals surface area contributed by atoms with Crippen LogP contribution >= 0.6 is 0 Å². The first-order chi connectivity index (χ1) is 16.6. The van der Waals surface area contributed by atoms with E-state index in [-0.39, 0.29) is 47.8 Å². The lowest BCUT2D eigenvalue weighted by Crippen LogP contribution is -2.38. The van der Waals surface area contributed by atoms with Crippen LogP contribution < -0.4 is 5.32 Å². The highest BCUT2D eigenvalue weighted by atomic mass is 16.2. The Kier molecular flexibility index (Phi) is 5.05. The number of nitrogens with one attached hydrogen (secondary N) is 1. The molecule has 0 radical (unpaired) electrons. The minimum atomic E-state index is -0.624. The van der Waals surface area contributed by atoms with E-state index in [9.17, 15) is 14.4 Å². The lowest BCUT2D eigenvalue weighted by Gasteiger charge is -2.38. The molecule has 7 rings (SSSR count). The number of benzene rings is 3. The third-order valence-corrected chi connectivity index (χ3v) is 7.73. The number of imide groups is 1. The molecule has 5 heteroatoms. The number of rotatable bonds is 5. The maximum atomic E-state index is 13.6. The van der Waals surface area contributed by atoms with E-state index in [0.717, 1.165) is 34.9 Å². The second kappa shape index (κ2) is 8.24. The van der Waals surface area contributed by atoms with E-state index in [4.69, 9.17) is 0 Å². The fraction of sp³-hybridized carbons (Fsp3) is 0.276. The second-order valence-corrected chi connectivity index (χ2v) is 9.59. The molecule has 1 heterocycles. The zero-order valence-corrected chi connectivity index (χ0v) is 18.8. The highest BCUT2D eigenvalue weighted by molar-refractivity contribution is 6.07. The van der Waals surface area contributed by atoms with Crippen molar-refractivity contribution in [2.45, 2.75) is 25.3 Å². The Hall–Kier alpha value is -3.73. The lowest BCUT2D eigenvalue weighted by molar-refractivity contribution is -0.143. The first-order valence-electron chi connectivity index (χ1n) is 12.0. The van der Waals surface area contributed by atoms with E-state index in [0.29, 0.717) is 0 Å². The van der Waals surface area contributed by atoms with Gasteiger partial charge < -0.3 is 5.32 Å². The van der Waals surface area contributed by atoms with Crippen molar-refractivity contribution < 1.29 is 14.4 Å². The molecule has 2 bridgehead atoms. The monoisotopic (exact) mass is 450 g/mol. The molecule has 3 aromatic rings. The molecule has 5 nitrogen and oxygen atoms in total. The fourth-order valence-corrected chi connectivity index (χ4v) is 6.15. The van der Waals surface area contributed by atoms with E-state index < -0.39 is 6.04 Å². The van der Waals surface area contributed by atoms with Gasteiger partial charge in [0.15, 0.2) is 0 Å². The van der Waals surface area contributed by atoms with Crippen LogP contribution in [0.3, 0.4) is 0 Å². The summed E-state index contributed by atoms with van der Waals surface area (Å²) in [7, 11) is 0. The molecule has 0 unspecified atom stereocenters. The minimum Gasteiger partial charge on any atom is -0.325 e. The number of carbonyl (C=O) groups excluding carboxylic acids is 3. The molecule has 34 heavy (non-hydrogen) atoms. The number of carbonyl (C=O) groups is 3. The molecule has 170 valence electrons. The number of hydrogen-bond acceptors (Lipinski definition) is 3. The summed E-state index contributed by atoms with van der Waals surface area (Å²) in [5.41, 5.74) is 1.53. The van der Waals surface area contributed by atoms with Crippen LogP contribution in [-0.4, -0.2) is 22.6 Å².